The highest BCUT2D eigenvalue weighted by Crippen LogP contribution is 2.02. The van der Waals surface area contributed by atoms with Gasteiger partial charge in [-0.1, -0.05) is 48.8 Å². The van der Waals surface area contributed by atoms with Crippen molar-refractivity contribution in [1.82, 2.24) is 5.32 Å². The number of alkyl halides is 1. The molecule has 0 aromatic rings. The van der Waals surface area contributed by atoms with E-state index < -0.39 is 0 Å². The molecule has 0 aliphatic carbocycles. The van der Waals surface area contributed by atoms with Crippen LogP contribution in [0.3, 0.4) is 0 Å². The smallest absolute Gasteiger partial charge is 0.220 e. The van der Waals surface area contributed by atoms with Crippen molar-refractivity contribution in [2.24, 2.45) is 0 Å². The summed E-state index contributed by atoms with van der Waals surface area (Å²) in [5.41, 5.74) is 0. The minimum absolute atomic E-state index is 0.159. The van der Waals surface area contributed by atoms with Crippen LogP contribution < -0.4 is 5.32 Å². The van der Waals surface area contributed by atoms with E-state index >= 15 is 0 Å². The number of nitrogens with one attached hydrogen (secondary N) is 1. The summed E-state index contributed by atoms with van der Waals surface area (Å²) in [4.78, 5) is 11.5. The highest BCUT2D eigenvalue weighted by molar-refractivity contribution is 14.1. The van der Waals surface area contributed by atoms with Crippen molar-refractivity contribution in [2.45, 2.75) is 58.5 Å². The molecule has 0 aliphatic rings. The van der Waals surface area contributed by atoms with Crippen LogP contribution in [-0.4, -0.2) is 29.6 Å². The molecule has 1 atom stereocenters. The summed E-state index contributed by atoms with van der Waals surface area (Å²) in [5.74, 6) is 0.159. The lowest BCUT2D eigenvalue weighted by Crippen LogP contribution is -2.25. The third kappa shape index (κ3) is 12.4. The monoisotopic (exact) mass is 355 g/mol. The molecule has 1 amide bonds. The minimum atomic E-state index is 0.159. The number of carbonyl (C=O) groups excluding carboxylic acids is 1. The Labute approximate surface area is 119 Å². The van der Waals surface area contributed by atoms with E-state index in [0.717, 1.165) is 30.4 Å². The Hall–Kier alpha value is 0.160. The van der Waals surface area contributed by atoms with Gasteiger partial charge in [0.1, 0.15) is 0 Å². The molecule has 0 spiro atoms. The number of rotatable bonds is 11. The third-order valence-corrected chi connectivity index (χ3v) is 3.05. The van der Waals surface area contributed by atoms with E-state index in [-0.39, 0.29) is 12.0 Å². The molecule has 0 aromatic heterocycles. The number of hydrogen-bond acceptors (Lipinski definition) is 2. The average Bonchev–Trinajstić information content (AvgIpc) is 2.33. The van der Waals surface area contributed by atoms with Crippen LogP contribution in [0.25, 0.3) is 0 Å². The van der Waals surface area contributed by atoms with Crippen molar-refractivity contribution >= 4 is 28.5 Å². The summed E-state index contributed by atoms with van der Waals surface area (Å²) < 4.78 is 6.52. The predicted molar refractivity (Wildman–Crippen MR) is 80.7 cm³/mol. The minimum Gasteiger partial charge on any atom is -0.378 e. The van der Waals surface area contributed by atoms with Crippen LogP contribution in [-0.2, 0) is 9.53 Å². The molecular formula is C13H26INO2. The molecule has 0 heterocycles. The Bertz CT molecular complexity index is 188. The standard InChI is InChI=1S/C13H26INO2/c1-3-4-5-6-10-15-13(16)8-7-12(2)17-11-9-14/h12H,3-11H2,1-2H3,(H,15,16). The van der Waals surface area contributed by atoms with Gasteiger partial charge < -0.3 is 10.1 Å². The molecule has 1 unspecified atom stereocenters. The zero-order valence-corrected chi connectivity index (χ0v) is 13.3. The maximum atomic E-state index is 11.5. The first kappa shape index (κ1) is 17.2. The van der Waals surface area contributed by atoms with E-state index in [2.05, 4.69) is 34.8 Å². The molecule has 0 radical (unpaired) electrons. The van der Waals surface area contributed by atoms with Crippen LogP contribution >= 0.6 is 22.6 Å². The molecule has 0 bridgehead atoms. The average molecular weight is 355 g/mol. The highest BCUT2D eigenvalue weighted by Gasteiger charge is 2.06. The number of carbonyl (C=O) groups is 1. The summed E-state index contributed by atoms with van der Waals surface area (Å²) in [6.45, 7) is 5.82. The predicted octanol–water partition coefficient (Wildman–Crippen LogP) is 3.30. The maximum Gasteiger partial charge on any atom is 0.220 e. The molecular weight excluding hydrogens is 329 g/mol. The highest BCUT2D eigenvalue weighted by atomic mass is 127. The van der Waals surface area contributed by atoms with Crippen molar-refractivity contribution in [3.63, 3.8) is 0 Å². The van der Waals surface area contributed by atoms with Crippen molar-refractivity contribution < 1.29 is 9.53 Å². The van der Waals surface area contributed by atoms with Crippen LogP contribution in [0.1, 0.15) is 52.4 Å². The largest absolute Gasteiger partial charge is 0.378 e. The first-order valence-corrected chi connectivity index (χ1v) is 8.17. The van der Waals surface area contributed by atoms with E-state index in [1.165, 1.54) is 19.3 Å². The second-order valence-electron chi connectivity index (χ2n) is 4.32. The topological polar surface area (TPSA) is 38.3 Å². The van der Waals surface area contributed by atoms with Crippen LogP contribution in [0.5, 0.6) is 0 Å². The first-order valence-electron chi connectivity index (χ1n) is 6.65. The number of halogens is 1. The quantitative estimate of drug-likeness (QED) is 0.351. The Morgan fingerprint density at radius 1 is 1.35 bits per heavy atom. The lowest BCUT2D eigenvalue weighted by Gasteiger charge is -2.11. The molecule has 1 N–H and O–H groups in total. The van der Waals surface area contributed by atoms with Crippen LogP contribution in [0.15, 0.2) is 0 Å². The Morgan fingerprint density at radius 3 is 2.76 bits per heavy atom. The molecule has 3 nitrogen and oxygen atoms in total. The molecule has 4 heteroatoms. The fraction of sp³-hybridized carbons (Fsp3) is 0.923. The molecule has 0 saturated heterocycles. The van der Waals surface area contributed by atoms with E-state index in [4.69, 9.17) is 4.74 Å². The van der Waals surface area contributed by atoms with Gasteiger partial charge in [0.25, 0.3) is 0 Å². The van der Waals surface area contributed by atoms with Crippen LogP contribution in [0, 0.1) is 0 Å². The second-order valence-corrected chi connectivity index (χ2v) is 5.40. The summed E-state index contributed by atoms with van der Waals surface area (Å²) in [6.07, 6.45) is 6.40. The molecule has 0 fully saturated rings. The van der Waals surface area contributed by atoms with Crippen molar-refractivity contribution in [1.29, 1.82) is 0 Å². The number of unbranched alkanes of at least 4 members (excludes halogenated alkanes) is 3. The van der Waals surface area contributed by atoms with Gasteiger partial charge in [0.05, 0.1) is 12.7 Å². The number of ether oxygens (including phenoxy) is 1. The van der Waals surface area contributed by atoms with Gasteiger partial charge in [-0.25, -0.2) is 0 Å². The van der Waals surface area contributed by atoms with Crippen LogP contribution in [0.2, 0.25) is 0 Å². The van der Waals surface area contributed by atoms with Crippen molar-refractivity contribution in [2.75, 3.05) is 17.6 Å². The van der Waals surface area contributed by atoms with Gasteiger partial charge in [0.15, 0.2) is 0 Å². The van der Waals surface area contributed by atoms with E-state index in [1.54, 1.807) is 0 Å². The molecule has 102 valence electrons. The Morgan fingerprint density at radius 2 is 2.12 bits per heavy atom. The van der Waals surface area contributed by atoms with Crippen LogP contribution in [0.4, 0.5) is 0 Å². The molecule has 0 aliphatic heterocycles. The van der Waals surface area contributed by atoms with Gasteiger partial charge in [-0.05, 0) is 19.8 Å². The fourth-order valence-electron chi connectivity index (χ4n) is 1.53. The third-order valence-electron chi connectivity index (χ3n) is 2.61. The normalized spacial score (nSPS) is 12.4. The molecule has 17 heavy (non-hydrogen) atoms. The first-order chi connectivity index (χ1) is 8.20. The van der Waals surface area contributed by atoms with Gasteiger partial charge in [-0.15, -0.1) is 0 Å². The van der Waals surface area contributed by atoms with Gasteiger partial charge in [0.2, 0.25) is 5.91 Å². The van der Waals surface area contributed by atoms with Crippen molar-refractivity contribution in [3.8, 4) is 0 Å². The second kappa shape index (κ2) is 12.6. The molecule has 0 saturated carbocycles. The van der Waals surface area contributed by atoms with Gasteiger partial charge in [-0.2, -0.15) is 0 Å². The fourth-order valence-corrected chi connectivity index (χ4v) is 1.79. The lowest BCUT2D eigenvalue weighted by atomic mass is 10.2. The van der Waals surface area contributed by atoms with E-state index in [9.17, 15) is 4.79 Å². The SMILES string of the molecule is CCCCCCNC(=O)CCC(C)OCCI. The van der Waals surface area contributed by atoms with Gasteiger partial charge in [0, 0.05) is 17.4 Å². The Balaban J connectivity index is 3.33. The summed E-state index contributed by atoms with van der Waals surface area (Å²) in [7, 11) is 0. The van der Waals surface area contributed by atoms with E-state index in [0.29, 0.717) is 6.42 Å². The summed E-state index contributed by atoms with van der Waals surface area (Å²) in [5, 5.41) is 2.96. The number of hydrogen-bond donors (Lipinski definition) is 1. The van der Waals surface area contributed by atoms with Gasteiger partial charge in [-0.3, -0.25) is 4.79 Å². The zero-order valence-electron chi connectivity index (χ0n) is 11.1. The maximum absolute atomic E-state index is 11.5. The lowest BCUT2D eigenvalue weighted by molar-refractivity contribution is -0.121. The van der Waals surface area contributed by atoms with Gasteiger partial charge >= 0.3 is 0 Å². The molecule has 0 aromatic carbocycles. The summed E-state index contributed by atoms with van der Waals surface area (Å²) in [6, 6.07) is 0. The van der Waals surface area contributed by atoms with E-state index in [1.807, 2.05) is 6.92 Å². The molecule has 0 rings (SSSR count). The summed E-state index contributed by atoms with van der Waals surface area (Å²) >= 11 is 2.29. The Kier molecular flexibility index (Phi) is 12.7. The van der Waals surface area contributed by atoms with Crippen molar-refractivity contribution in [3.05, 3.63) is 0 Å². The number of amides is 1. The zero-order chi connectivity index (χ0) is 12.9.